The van der Waals surface area contributed by atoms with Gasteiger partial charge < -0.3 is 14.5 Å². The lowest BCUT2D eigenvalue weighted by Crippen LogP contribution is -2.36. The standard InChI is InChI=1S/C13H14BrNO5/c14-11-6-5-10(19-11)13(18)15-7-12(17)20-9-4-2-1-3-8(9)16/h5-6,9H,1-4,7H2,(H,15,18)/t9-/m1/s1. The molecular weight excluding hydrogens is 330 g/mol. The van der Waals surface area contributed by atoms with Crippen LogP contribution in [0.5, 0.6) is 0 Å². The molecule has 1 aromatic heterocycles. The molecule has 20 heavy (non-hydrogen) atoms. The van der Waals surface area contributed by atoms with Crippen molar-refractivity contribution in [1.29, 1.82) is 0 Å². The number of rotatable bonds is 4. The number of ether oxygens (including phenoxy) is 1. The minimum Gasteiger partial charge on any atom is -0.453 e. The third-order valence-electron chi connectivity index (χ3n) is 2.96. The molecule has 0 aromatic carbocycles. The fourth-order valence-electron chi connectivity index (χ4n) is 1.95. The van der Waals surface area contributed by atoms with E-state index in [4.69, 9.17) is 9.15 Å². The summed E-state index contributed by atoms with van der Waals surface area (Å²) in [5.41, 5.74) is 0. The Hall–Kier alpha value is -1.63. The van der Waals surface area contributed by atoms with Crippen molar-refractivity contribution in [2.24, 2.45) is 0 Å². The summed E-state index contributed by atoms with van der Waals surface area (Å²) in [5.74, 6) is -1.09. The summed E-state index contributed by atoms with van der Waals surface area (Å²) in [7, 11) is 0. The molecule has 1 saturated carbocycles. The van der Waals surface area contributed by atoms with Crippen LogP contribution in [0.15, 0.2) is 21.2 Å². The minimum atomic E-state index is -0.661. The van der Waals surface area contributed by atoms with Crippen LogP contribution < -0.4 is 5.32 Å². The molecule has 0 radical (unpaired) electrons. The quantitative estimate of drug-likeness (QED) is 0.843. The van der Waals surface area contributed by atoms with Crippen LogP contribution in [0.25, 0.3) is 0 Å². The number of ketones is 1. The Bertz CT molecular complexity index is 525. The highest BCUT2D eigenvalue weighted by molar-refractivity contribution is 9.10. The molecule has 0 saturated heterocycles. The van der Waals surface area contributed by atoms with Gasteiger partial charge in [0.05, 0.1) is 0 Å². The van der Waals surface area contributed by atoms with E-state index in [0.717, 1.165) is 12.8 Å². The van der Waals surface area contributed by atoms with Gasteiger partial charge in [-0.05, 0) is 47.3 Å². The van der Waals surface area contributed by atoms with Crippen LogP contribution in [0.1, 0.15) is 36.2 Å². The summed E-state index contributed by atoms with van der Waals surface area (Å²) in [6.45, 7) is -0.291. The van der Waals surface area contributed by atoms with E-state index in [9.17, 15) is 14.4 Å². The normalized spacial score (nSPS) is 18.6. The van der Waals surface area contributed by atoms with Gasteiger partial charge in [-0.25, -0.2) is 0 Å². The van der Waals surface area contributed by atoms with E-state index in [-0.39, 0.29) is 18.1 Å². The molecule has 108 valence electrons. The number of carbonyl (C=O) groups excluding carboxylic acids is 3. The second kappa shape index (κ2) is 6.69. The zero-order valence-electron chi connectivity index (χ0n) is 10.7. The molecule has 0 unspecified atom stereocenters. The Labute approximate surface area is 124 Å². The third-order valence-corrected chi connectivity index (χ3v) is 3.39. The number of furan rings is 1. The van der Waals surface area contributed by atoms with Crippen LogP contribution in [-0.4, -0.2) is 30.3 Å². The molecule has 1 atom stereocenters. The highest BCUT2D eigenvalue weighted by Gasteiger charge is 2.25. The van der Waals surface area contributed by atoms with Crippen LogP contribution in [0.3, 0.4) is 0 Å². The minimum absolute atomic E-state index is 0.0501. The molecule has 7 heteroatoms. The number of esters is 1. The van der Waals surface area contributed by atoms with E-state index in [2.05, 4.69) is 21.2 Å². The second-order valence-corrected chi connectivity index (χ2v) is 5.26. The Morgan fingerprint density at radius 1 is 1.40 bits per heavy atom. The molecule has 1 aliphatic carbocycles. The predicted molar refractivity (Wildman–Crippen MR) is 72.1 cm³/mol. The number of hydrogen-bond donors (Lipinski definition) is 1. The average molecular weight is 344 g/mol. The SMILES string of the molecule is O=C(CNC(=O)c1ccc(Br)o1)O[C@@H]1CCCCC1=O. The zero-order valence-corrected chi connectivity index (χ0v) is 12.3. The number of carbonyl (C=O) groups is 3. The molecule has 0 aliphatic heterocycles. The summed E-state index contributed by atoms with van der Waals surface area (Å²) in [6, 6.07) is 3.06. The van der Waals surface area contributed by atoms with Gasteiger partial charge in [0.25, 0.3) is 5.91 Å². The molecule has 1 heterocycles. The van der Waals surface area contributed by atoms with Crippen LogP contribution in [-0.2, 0) is 14.3 Å². The smallest absolute Gasteiger partial charge is 0.326 e. The van der Waals surface area contributed by atoms with Gasteiger partial charge in [-0.15, -0.1) is 0 Å². The van der Waals surface area contributed by atoms with Crippen LogP contribution in [0.4, 0.5) is 0 Å². The first-order valence-corrected chi connectivity index (χ1v) is 7.11. The molecule has 1 amide bonds. The van der Waals surface area contributed by atoms with Gasteiger partial charge in [0.15, 0.2) is 22.3 Å². The van der Waals surface area contributed by atoms with Crippen LogP contribution >= 0.6 is 15.9 Å². The molecule has 0 bridgehead atoms. The van der Waals surface area contributed by atoms with Crippen molar-refractivity contribution in [3.63, 3.8) is 0 Å². The lowest BCUT2D eigenvalue weighted by molar-refractivity contribution is -0.155. The van der Waals surface area contributed by atoms with Crippen LogP contribution in [0.2, 0.25) is 0 Å². The van der Waals surface area contributed by atoms with Crippen LogP contribution in [0, 0.1) is 0 Å². The summed E-state index contributed by atoms with van der Waals surface area (Å²) >= 11 is 3.08. The molecule has 2 rings (SSSR count). The number of hydrogen-bond acceptors (Lipinski definition) is 5. The molecule has 1 aromatic rings. The van der Waals surface area contributed by atoms with Crippen molar-refractivity contribution in [3.05, 3.63) is 22.6 Å². The van der Waals surface area contributed by atoms with E-state index in [1.54, 1.807) is 6.07 Å². The average Bonchev–Trinajstić information content (AvgIpc) is 2.85. The van der Waals surface area contributed by atoms with Crippen molar-refractivity contribution >= 4 is 33.6 Å². The van der Waals surface area contributed by atoms with E-state index in [1.807, 2.05) is 0 Å². The first-order chi connectivity index (χ1) is 9.56. The molecule has 1 N–H and O–H groups in total. The van der Waals surface area contributed by atoms with Crippen molar-refractivity contribution in [3.8, 4) is 0 Å². The van der Waals surface area contributed by atoms with E-state index in [0.29, 0.717) is 17.5 Å². The van der Waals surface area contributed by atoms with Gasteiger partial charge in [-0.3, -0.25) is 14.4 Å². The number of halogens is 1. The van der Waals surface area contributed by atoms with Gasteiger partial charge in [-0.2, -0.15) is 0 Å². The third kappa shape index (κ3) is 3.93. The van der Waals surface area contributed by atoms with E-state index < -0.39 is 18.0 Å². The molecule has 1 fully saturated rings. The van der Waals surface area contributed by atoms with Gasteiger partial charge in [0, 0.05) is 6.42 Å². The van der Waals surface area contributed by atoms with Gasteiger partial charge in [0.2, 0.25) is 0 Å². The maximum absolute atomic E-state index is 11.6. The topological polar surface area (TPSA) is 85.6 Å². The van der Waals surface area contributed by atoms with E-state index >= 15 is 0 Å². The summed E-state index contributed by atoms with van der Waals surface area (Å²) in [6.07, 6.45) is 2.06. The van der Waals surface area contributed by atoms with Gasteiger partial charge >= 0.3 is 5.97 Å². The second-order valence-electron chi connectivity index (χ2n) is 4.48. The number of amides is 1. The van der Waals surface area contributed by atoms with Crippen molar-refractivity contribution in [2.75, 3.05) is 6.54 Å². The summed E-state index contributed by atoms with van der Waals surface area (Å²) in [5, 5.41) is 2.38. The Kier molecular flexibility index (Phi) is 4.94. The predicted octanol–water partition coefficient (Wildman–Crippen LogP) is 1.83. The monoisotopic (exact) mass is 343 g/mol. The maximum atomic E-state index is 11.6. The van der Waals surface area contributed by atoms with Crippen molar-refractivity contribution in [1.82, 2.24) is 5.32 Å². The largest absolute Gasteiger partial charge is 0.453 e. The Morgan fingerprint density at radius 3 is 2.85 bits per heavy atom. The first kappa shape index (κ1) is 14.8. The lowest BCUT2D eigenvalue weighted by Gasteiger charge is -2.20. The first-order valence-electron chi connectivity index (χ1n) is 6.32. The summed E-state index contributed by atoms with van der Waals surface area (Å²) < 4.78 is 10.5. The maximum Gasteiger partial charge on any atom is 0.326 e. The molecule has 0 spiro atoms. The zero-order chi connectivity index (χ0) is 14.5. The molecule has 6 nitrogen and oxygen atoms in total. The number of nitrogens with one attached hydrogen (secondary N) is 1. The summed E-state index contributed by atoms with van der Waals surface area (Å²) in [4.78, 5) is 34.7. The number of Topliss-reactive ketones (excluding diaryl/α,β-unsaturated/α-hetero) is 1. The Balaban J connectivity index is 1.77. The van der Waals surface area contributed by atoms with Crippen molar-refractivity contribution < 1.29 is 23.5 Å². The van der Waals surface area contributed by atoms with Crippen molar-refractivity contribution in [2.45, 2.75) is 31.8 Å². The lowest BCUT2D eigenvalue weighted by atomic mass is 9.96. The highest BCUT2D eigenvalue weighted by atomic mass is 79.9. The molecular formula is C13H14BrNO5. The van der Waals surface area contributed by atoms with E-state index in [1.165, 1.54) is 6.07 Å². The Morgan fingerprint density at radius 2 is 2.20 bits per heavy atom. The molecule has 1 aliphatic rings. The highest BCUT2D eigenvalue weighted by Crippen LogP contribution is 2.17. The van der Waals surface area contributed by atoms with Gasteiger partial charge in [-0.1, -0.05) is 0 Å². The fraction of sp³-hybridized carbons (Fsp3) is 0.462. The fourth-order valence-corrected chi connectivity index (χ4v) is 2.26. The van der Waals surface area contributed by atoms with Gasteiger partial charge in [0.1, 0.15) is 6.54 Å².